The van der Waals surface area contributed by atoms with Gasteiger partial charge in [-0.25, -0.2) is 4.79 Å². The van der Waals surface area contributed by atoms with E-state index in [9.17, 15) is 9.59 Å². The van der Waals surface area contributed by atoms with E-state index < -0.39 is 6.09 Å². The maximum Gasteiger partial charge on any atom is 0.407 e. The molecule has 5 rings (SSSR count). The lowest BCUT2D eigenvalue weighted by Gasteiger charge is -2.33. The van der Waals surface area contributed by atoms with E-state index in [0.717, 1.165) is 33.1 Å². The van der Waals surface area contributed by atoms with Gasteiger partial charge in [0.25, 0.3) is 5.91 Å². The summed E-state index contributed by atoms with van der Waals surface area (Å²) in [5.74, 6) is 0.491. The Kier molecular flexibility index (Phi) is 6.57. The Hall–Kier alpha value is -3.62. The number of hydrogen-bond acceptors (Lipinski definition) is 4. The van der Waals surface area contributed by atoms with E-state index in [1.54, 1.807) is 12.1 Å². The van der Waals surface area contributed by atoms with Gasteiger partial charge in [0.15, 0.2) is 0 Å². The number of anilines is 1. The van der Waals surface area contributed by atoms with Crippen LogP contribution in [0.5, 0.6) is 0 Å². The zero-order valence-corrected chi connectivity index (χ0v) is 20.5. The molecule has 2 N–H and O–H groups in total. The van der Waals surface area contributed by atoms with E-state index in [0.29, 0.717) is 43.2 Å². The highest BCUT2D eigenvalue weighted by Gasteiger charge is 2.20. The average molecular weight is 534 g/mol. The van der Waals surface area contributed by atoms with Crippen LogP contribution in [0.1, 0.15) is 15.9 Å². The van der Waals surface area contributed by atoms with Gasteiger partial charge < -0.3 is 19.7 Å². The number of piperazine rings is 1. The smallest absolute Gasteiger partial charge is 0.407 e. The van der Waals surface area contributed by atoms with Crippen LogP contribution in [0.2, 0.25) is 0 Å². The minimum atomic E-state index is -0.859. The molecule has 1 aliphatic rings. The number of carboxylic acid groups (broad SMARTS) is 1. The van der Waals surface area contributed by atoms with Gasteiger partial charge in [-0.15, -0.1) is 0 Å². The normalized spacial score (nSPS) is 14.3. The Labute approximate surface area is 211 Å². The molecular formula is C27H24BrN3O4. The lowest BCUT2D eigenvalue weighted by atomic mass is 10.1. The van der Waals surface area contributed by atoms with Crippen molar-refractivity contribution in [2.24, 2.45) is 0 Å². The van der Waals surface area contributed by atoms with Crippen LogP contribution in [0, 0.1) is 0 Å². The highest BCUT2D eigenvalue weighted by molar-refractivity contribution is 9.10. The lowest BCUT2D eigenvalue weighted by molar-refractivity contribution is 0.102. The van der Waals surface area contributed by atoms with Crippen LogP contribution in [0.15, 0.2) is 81.7 Å². The van der Waals surface area contributed by atoms with Gasteiger partial charge in [-0.1, -0.05) is 40.2 Å². The van der Waals surface area contributed by atoms with Crippen molar-refractivity contribution in [3.05, 3.63) is 88.4 Å². The quantitative estimate of drug-likeness (QED) is 0.333. The van der Waals surface area contributed by atoms with E-state index in [-0.39, 0.29) is 5.91 Å². The van der Waals surface area contributed by atoms with E-state index >= 15 is 0 Å². The number of hydrogen-bond donors (Lipinski definition) is 2. The first-order chi connectivity index (χ1) is 17.0. The molecule has 4 aromatic rings. The molecular weight excluding hydrogens is 510 g/mol. The summed E-state index contributed by atoms with van der Waals surface area (Å²) in [5, 5.41) is 13.1. The Morgan fingerprint density at radius 2 is 1.69 bits per heavy atom. The predicted octanol–water partition coefficient (Wildman–Crippen LogP) is 5.91. The third-order valence-electron chi connectivity index (χ3n) is 6.18. The SMILES string of the molecule is O=C(Nc1ccccc1-c1cc2ccc(CN3CCN(C(=O)O)CC3)cc2o1)c1ccc(Br)cc1. The molecule has 2 heterocycles. The third kappa shape index (κ3) is 5.23. The van der Waals surface area contributed by atoms with Crippen molar-refractivity contribution in [3.8, 4) is 11.3 Å². The molecule has 35 heavy (non-hydrogen) atoms. The fourth-order valence-corrected chi connectivity index (χ4v) is 4.53. The predicted molar refractivity (Wildman–Crippen MR) is 139 cm³/mol. The summed E-state index contributed by atoms with van der Waals surface area (Å²) in [6, 6.07) is 22.9. The zero-order valence-electron chi connectivity index (χ0n) is 18.9. The standard InChI is InChI=1S/C27H24BrN3O4/c28-21-9-7-19(8-10-21)26(32)29-23-4-2-1-3-22(23)25-16-20-6-5-18(15-24(20)35-25)17-30-11-13-31(14-12-30)27(33)34/h1-10,15-16H,11-14,17H2,(H,29,32)(H,33,34). The highest BCUT2D eigenvalue weighted by atomic mass is 79.9. The van der Waals surface area contributed by atoms with Crippen LogP contribution >= 0.6 is 15.9 Å². The second kappa shape index (κ2) is 9.93. The Morgan fingerprint density at radius 1 is 0.943 bits per heavy atom. The summed E-state index contributed by atoms with van der Waals surface area (Å²) in [7, 11) is 0. The van der Waals surface area contributed by atoms with E-state index in [1.807, 2.05) is 54.6 Å². The van der Waals surface area contributed by atoms with Gasteiger partial charge in [0, 0.05) is 53.7 Å². The van der Waals surface area contributed by atoms with Gasteiger partial charge in [0.2, 0.25) is 0 Å². The maximum atomic E-state index is 12.8. The summed E-state index contributed by atoms with van der Waals surface area (Å²) in [4.78, 5) is 27.6. The number of amides is 2. The number of fused-ring (bicyclic) bond motifs is 1. The van der Waals surface area contributed by atoms with Crippen molar-refractivity contribution in [2.75, 3.05) is 31.5 Å². The monoisotopic (exact) mass is 533 g/mol. The lowest BCUT2D eigenvalue weighted by Crippen LogP contribution is -2.47. The number of carbonyl (C=O) groups excluding carboxylic acids is 1. The molecule has 7 nitrogen and oxygen atoms in total. The fraction of sp³-hybridized carbons (Fsp3) is 0.185. The molecule has 1 saturated heterocycles. The molecule has 1 fully saturated rings. The second-order valence-electron chi connectivity index (χ2n) is 8.54. The van der Waals surface area contributed by atoms with Crippen LogP contribution < -0.4 is 5.32 Å². The van der Waals surface area contributed by atoms with Gasteiger partial charge in [-0.05, 0) is 54.1 Å². The topological polar surface area (TPSA) is 86.0 Å². The summed E-state index contributed by atoms with van der Waals surface area (Å²) in [5.41, 5.74) is 3.94. The molecule has 178 valence electrons. The fourth-order valence-electron chi connectivity index (χ4n) is 4.26. The number of furan rings is 1. The minimum Gasteiger partial charge on any atom is -0.465 e. The first kappa shape index (κ1) is 23.1. The van der Waals surface area contributed by atoms with E-state index in [4.69, 9.17) is 9.52 Å². The Morgan fingerprint density at radius 3 is 2.43 bits per heavy atom. The number of halogens is 1. The van der Waals surface area contributed by atoms with Crippen molar-refractivity contribution >= 4 is 44.6 Å². The molecule has 0 radical (unpaired) electrons. The summed E-state index contributed by atoms with van der Waals surface area (Å²) in [6.45, 7) is 3.19. The second-order valence-corrected chi connectivity index (χ2v) is 9.45. The molecule has 0 bridgehead atoms. The molecule has 0 atom stereocenters. The van der Waals surface area contributed by atoms with Crippen LogP contribution in [-0.2, 0) is 6.54 Å². The molecule has 1 aliphatic heterocycles. The minimum absolute atomic E-state index is 0.189. The average Bonchev–Trinajstić information content (AvgIpc) is 3.28. The number of nitrogens with zero attached hydrogens (tertiary/aromatic N) is 2. The summed E-state index contributed by atoms with van der Waals surface area (Å²) in [6.07, 6.45) is -0.859. The van der Waals surface area contributed by atoms with Gasteiger partial charge in [-0.2, -0.15) is 0 Å². The van der Waals surface area contributed by atoms with E-state index in [2.05, 4.69) is 32.2 Å². The van der Waals surface area contributed by atoms with Gasteiger partial charge in [-0.3, -0.25) is 9.69 Å². The Bertz CT molecular complexity index is 1370. The summed E-state index contributed by atoms with van der Waals surface area (Å²) >= 11 is 3.39. The van der Waals surface area contributed by atoms with E-state index in [1.165, 1.54) is 4.90 Å². The Balaban J connectivity index is 1.34. The summed E-state index contributed by atoms with van der Waals surface area (Å²) < 4.78 is 7.13. The third-order valence-corrected chi connectivity index (χ3v) is 6.71. The van der Waals surface area contributed by atoms with Crippen LogP contribution in [0.4, 0.5) is 10.5 Å². The number of para-hydroxylation sites is 1. The van der Waals surface area contributed by atoms with Crippen molar-refractivity contribution in [1.82, 2.24) is 9.80 Å². The molecule has 0 spiro atoms. The molecule has 0 aliphatic carbocycles. The maximum absolute atomic E-state index is 12.8. The molecule has 3 aromatic carbocycles. The van der Waals surface area contributed by atoms with Gasteiger partial charge in [0.1, 0.15) is 11.3 Å². The molecule has 0 saturated carbocycles. The highest BCUT2D eigenvalue weighted by Crippen LogP contribution is 2.33. The number of benzene rings is 3. The molecule has 2 amide bonds. The van der Waals surface area contributed by atoms with Crippen molar-refractivity contribution < 1.29 is 19.1 Å². The first-order valence-electron chi connectivity index (χ1n) is 11.4. The van der Waals surface area contributed by atoms with Crippen LogP contribution in [0.3, 0.4) is 0 Å². The van der Waals surface area contributed by atoms with Crippen LogP contribution in [-0.4, -0.2) is 53.1 Å². The van der Waals surface area contributed by atoms with Crippen molar-refractivity contribution in [2.45, 2.75) is 6.54 Å². The molecule has 8 heteroatoms. The first-order valence-corrected chi connectivity index (χ1v) is 12.1. The molecule has 1 aromatic heterocycles. The van der Waals surface area contributed by atoms with Gasteiger partial charge in [0.05, 0.1) is 5.69 Å². The molecule has 0 unspecified atom stereocenters. The number of nitrogens with one attached hydrogen (secondary N) is 1. The number of rotatable bonds is 5. The van der Waals surface area contributed by atoms with Crippen molar-refractivity contribution in [3.63, 3.8) is 0 Å². The van der Waals surface area contributed by atoms with Gasteiger partial charge >= 0.3 is 6.09 Å². The zero-order chi connectivity index (χ0) is 24.4. The van der Waals surface area contributed by atoms with Crippen molar-refractivity contribution in [1.29, 1.82) is 0 Å². The largest absolute Gasteiger partial charge is 0.465 e. The van der Waals surface area contributed by atoms with Crippen LogP contribution in [0.25, 0.3) is 22.3 Å². The number of carbonyl (C=O) groups is 2.